The van der Waals surface area contributed by atoms with Gasteiger partial charge in [0.1, 0.15) is 54.2 Å². The van der Waals surface area contributed by atoms with E-state index in [9.17, 15) is 43.2 Å². The first kappa shape index (κ1) is 75.4. The minimum absolute atomic E-state index is 0.0268. The largest absolute Gasteiger partial charge is 0.384 e. The molecule has 480 valence electrons. The minimum atomic E-state index is -1.31. The topological polar surface area (TPSA) is 467 Å². The molecule has 0 radical (unpaired) electrons. The quantitative estimate of drug-likeness (QED) is 0.0225. The third-order valence-electron chi connectivity index (χ3n) is 13.4. The highest BCUT2D eigenvalue weighted by Crippen LogP contribution is 2.15. The Labute approximate surface area is 502 Å². The van der Waals surface area contributed by atoms with Gasteiger partial charge in [-0.2, -0.15) is 0 Å². The fourth-order valence-electron chi connectivity index (χ4n) is 9.08. The van der Waals surface area contributed by atoms with Crippen LogP contribution in [-0.2, 0) is 49.6 Å². The van der Waals surface area contributed by atoms with Crippen molar-refractivity contribution in [1.29, 1.82) is 5.41 Å². The summed E-state index contributed by atoms with van der Waals surface area (Å²) in [5.74, 6) is -6.97. The molecule has 27 nitrogen and oxygen atoms in total. The van der Waals surface area contributed by atoms with E-state index in [-0.39, 0.29) is 106 Å². The number of aliphatic imine (C=N–C) groups is 2. The summed E-state index contributed by atoms with van der Waals surface area (Å²) in [6, 6.07) is -2.21. The van der Waals surface area contributed by atoms with Crippen LogP contribution >= 0.6 is 0 Å². The fourth-order valence-corrected chi connectivity index (χ4v) is 9.08. The molecule has 0 aromatic heterocycles. The van der Waals surface area contributed by atoms with Crippen molar-refractivity contribution in [3.63, 3.8) is 0 Å². The number of amidine groups is 1. The Morgan fingerprint density at radius 3 is 1.14 bits per heavy atom. The molecule has 0 unspecified atom stereocenters. The number of guanidine groups is 2. The van der Waals surface area contributed by atoms with Crippen LogP contribution in [0, 0.1) is 35.0 Å². The van der Waals surface area contributed by atoms with Crippen molar-refractivity contribution in [2.24, 2.45) is 74.0 Å². The molecule has 22 N–H and O–H groups in total. The standard InChI is InChI=1S/C58H104N18O9/c1-32(2)28-43(69-37(11)77)52(81)73-45(30-34(5)6)54(83)75-46(31-35(7)8)55(84)74-44(29-33(3)4)53(82)71-42(18-15-26-68-58(64)65)51(80)76-47(36(9)10)56(85)72-41(16-12-13-24-59)50(79)70-40(17-14-25-67-57(62)63)49(78)66-27-23-38-19-21-39(22-20-38)48(60)61/h19-22,32-36,40-47H,12-18,23-31,59H2,1-11H3,(H3,60,61)(H,66,78)(H,69,77)(H,70,79)(H,71,82)(H,72,85)(H,73,81)(H,74,84)(H,75,83)(H,76,80)(H4,62,63,67)(H4,64,65,68)/t40-,41-,42-,43+,44-,45-,46-,47-/m0/s1. The van der Waals surface area contributed by atoms with Crippen LogP contribution in [0.25, 0.3) is 0 Å². The van der Waals surface area contributed by atoms with Gasteiger partial charge in [0.2, 0.25) is 53.2 Å². The van der Waals surface area contributed by atoms with Gasteiger partial charge in [0, 0.05) is 32.1 Å². The van der Waals surface area contributed by atoms with Crippen molar-refractivity contribution in [2.45, 2.75) is 202 Å². The summed E-state index contributed by atoms with van der Waals surface area (Å²) in [5, 5.41) is 32.7. The van der Waals surface area contributed by atoms with Crippen LogP contribution in [0.4, 0.5) is 0 Å². The summed E-state index contributed by atoms with van der Waals surface area (Å²) in [4.78, 5) is 133. The highest BCUT2D eigenvalue weighted by Gasteiger charge is 2.36. The Hall–Kier alpha value is -7.58. The van der Waals surface area contributed by atoms with Crippen LogP contribution in [-0.4, -0.2) is 145 Å². The van der Waals surface area contributed by atoms with Gasteiger partial charge in [0.05, 0.1) is 0 Å². The van der Waals surface area contributed by atoms with Crippen LogP contribution in [0.15, 0.2) is 34.3 Å². The lowest BCUT2D eigenvalue weighted by Crippen LogP contribution is -2.61. The molecule has 0 bridgehead atoms. The highest BCUT2D eigenvalue weighted by atomic mass is 16.2. The Morgan fingerprint density at radius 1 is 0.447 bits per heavy atom. The normalized spacial score (nSPS) is 14.1. The van der Waals surface area contributed by atoms with E-state index in [1.807, 2.05) is 55.4 Å². The maximum absolute atomic E-state index is 14.5. The maximum Gasteiger partial charge on any atom is 0.243 e. The van der Waals surface area contributed by atoms with E-state index in [0.29, 0.717) is 44.2 Å². The van der Waals surface area contributed by atoms with Crippen molar-refractivity contribution in [2.75, 3.05) is 26.2 Å². The average molecular weight is 1200 g/mol. The molecule has 0 heterocycles. The van der Waals surface area contributed by atoms with Crippen molar-refractivity contribution in [1.82, 2.24) is 47.9 Å². The van der Waals surface area contributed by atoms with Gasteiger partial charge >= 0.3 is 0 Å². The number of rotatable bonds is 41. The molecular weight excluding hydrogens is 1090 g/mol. The summed E-state index contributed by atoms with van der Waals surface area (Å²) >= 11 is 0. The Morgan fingerprint density at radius 2 is 0.788 bits per heavy atom. The number of carbonyl (C=O) groups is 9. The van der Waals surface area contributed by atoms with Gasteiger partial charge in [-0.15, -0.1) is 0 Å². The van der Waals surface area contributed by atoms with Crippen molar-refractivity contribution in [3.05, 3.63) is 35.4 Å². The highest BCUT2D eigenvalue weighted by molar-refractivity contribution is 5.98. The molecule has 27 heteroatoms. The number of benzene rings is 1. The van der Waals surface area contributed by atoms with Crippen LogP contribution in [0.5, 0.6) is 0 Å². The summed E-state index contributed by atoms with van der Waals surface area (Å²) in [5.41, 5.74) is 35.1. The number of nitrogen functional groups attached to an aromatic ring is 1. The lowest BCUT2D eigenvalue weighted by Gasteiger charge is -2.30. The first-order valence-electron chi connectivity index (χ1n) is 29.8. The number of nitrogens with zero attached hydrogens (tertiary/aromatic N) is 2. The number of nitrogens with two attached hydrogens (primary N) is 6. The monoisotopic (exact) mass is 1200 g/mol. The minimum Gasteiger partial charge on any atom is -0.384 e. The number of unbranched alkanes of at least 4 members (excludes halogenated alkanes) is 1. The Bertz CT molecular complexity index is 2370. The number of amides is 9. The van der Waals surface area contributed by atoms with Gasteiger partial charge in [-0.1, -0.05) is 93.5 Å². The van der Waals surface area contributed by atoms with E-state index in [2.05, 4.69) is 57.8 Å². The number of nitrogens with one attached hydrogen (secondary N) is 10. The third kappa shape index (κ3) is 31.8. The first-order chi connectivity index (χ1) is 39.8. The molecule has 8 atom stereocenters. The van der Waals surface area contributed by atoms with Crippen LogP contribution < -0.4 is 82.3 Å². The molecule has 0 aliphatic carbocycles. The van der Waals surface area contributed by atoms with Crippen LogP contribution in [0.2, 0.25) is 0 Å². The predicted molar refractivity (Wildman–Crippen MR) is 331 cm³/mol. The molecule has 0 aliphatic rings. The SMILES string of the molecule is CC(=O)N[C@H](CC(C)C)C(=O)N[C@@H](CC(C)C)C(=O)N[C@@H](CC(C)C)C(=O)N[C@@H](CC(C)C)C(=O)N[C@@H](CCCN=C(N)N)C(=O)N[C@H](C(=O)N[C@@H](CCCCN)C(=O)N[C@@H](CCCN=C(N)N)C(=O)NCCc1ccc(C(=N)N)cc1)C(C)C. The van der Waals surface area contributed by atoms with Crippen LogP contribution in [0.1, 0.15) is 158 Å². The zero-order chi connectivity index (χ0) is 64.5. The second kappa shape index (κ2) is 39.9. The fraction of sp³-hybridized carbons (Fsp3) is 0.690. The predicted octanol–water partition coefficient (Wildman–Crippen LogP) is -0.396. The average Bonchev–Trinajstić information content (AvgIpc) is 3.54. The number of hydrogen-bond acceptors (Lipinski definition) is 13. The van der Waals surface area contributed by atoms with Gasteiger partial charge in [0.15, 0.2) is 11.9 Å². The Balaban J connectivity index is 3.55. The maximum atomic E-state index is 14.5. The summed E-state index contributed by atoms with van der Waals surface area (Å²) in [6.07, 6.45) is 2.87. The molecule has 0 saturated heterocycles. The Kier molecular flexibility index (Phi) is 35.4. The molecule has 85 heavy (non-hydrogen) atoms. The van der Waals surface area contributed by atoms with Gasteiger partial charge in [-0.05, 0) is 119 Å². The molecular formula is C58H104N18O9. The van der Waals surface area contributed by atoms with E-state index in [0.717, 1.165) is 5.56 Å². The second-order valence-corrected chi connectivity index (χ2v) is 23.7. The van der Waals surface area contributed by atoms with E-state index < -0.39 is 107 Å². The van der Waals surface area contributed by atoms with Gasteiger partial charge in [0.25, 0.3) is 0 Å². The van der Waals surface area contributed by atoms with E-state index in [1.54, 1.807) is 38.1 Å². The van der Waals surface area contributed by atoms with Gasteiger partial charge in [-0.25, -0.2) is 0 Å². The van der Waals surface area contributed by atoms with Gasteiger partial charge < -0.3 is 82.3 Å². The smallest absolute Gasteiger partial charge is 0.243 e. The van der Waals surface area contributed by atoms with Crippen molar-refractivity contribution in [3.8, 4) is 0 Å². The summed E-state index contributed by atoms with van der Waals surface area (Å²) < 4.78 is 0. The zero-order valence-corrected chi connectivity index (χ0v) is 52.2. The third-order valence-corrected chi connectivity index (χ3v) is 13.4. The van der Waals surface area contributed by atoms with E-state index in [4.69, 9.17) is 39.8 Å². The van der Waals surface area contributed by atoms with Crippen LogP contribution in [0.3, 0.4) is 0 Å². The molecule has 9 amide bonds. The second-order valence-electron chi connectivity index (χ2n) is 23.7. The van der Waals surface area contributed by atoms with E-state index in [1.165, 1.54) is 6.92 Å². The number of carbonyl (C=O) groups excluding carboxylic acids is 9. The van der Waals surface area contributed by atoms with E-state index >= 15 is 0 Å². The summed E-state index contributed by atoms with van der Waals surface area (Å²) in [6.45, 7) is 20.4. The number of hydrogen-bond donors (Lipinski definition) is 16. The zero-order valence-electron chi connectivity index (χ0n) is 52.2. The van der Waals surface area contributed by atoms with Crippen molar-refractivity contribution < 1.29 is 43.2 Å². The lowest BCUT2D eigenvalue weighted by molar-refractivity contribution is -0.136. The molecule has 1 aromatic carbocycles. The molecule has 0 fully saturated rings. The molecule has 1 aromatic rings. The molecule has 0 aliphatic heterocycles. The molecule has 0 spiro atoms. The van der Waals surface area contributed by atoms with Gasteiger partial charge in [-0.3, -0.25) is 58.5 Å². The van der Waals surface area contributed by atoms with Crippen molar-refractivity contribution >= 4 is 70.9 Å². The molecule has 1 rings (SSSR count). The molecule has 0 saturated carbocycles. The summed E-state index contributed by atoms with van der Waals surface area (Å²) in [7, 11) is 0. The lowest BCUT2D eigenvalue weighted by atomic mass is 9.97. The first-order valence-corrected chi connectivity index (χ1v) is 29.8.